The molecule has 1 aromatic carbocycles. The van der Waals surface area contributed by atoms with Crippen LogP contribution in [-0.2, 0) is 27.3 Å². The summed E-state index contributed by atoms with van der Waals surface area (Å²) in [6.07, 6.45) is 4.62. The topological polar surface area (TPSA) is 152 Å². The first-order chi connectivity index (χ1) is 16.3. The number of piperidine rings is 1. The third-order valence-electron chi connectivity index (χ3n) is 5.20. The van der Waals surface area contributed by atoms with Crippen molar-refractivity contribution in [3.63, 3.8) is 0 Å². The lowest BCUT2D eigenvalue weighted by atomic mass is 9.99. The molecule has 1 fully saturated rings. The number of aryl methyl sites for hydroxylation is 1. The van der Waals surface area contributed by atoms with Crippen molar-refractivity contribution in [3.8, 4) is 0 Å². The Morgan fingerprint density at radius 3 is 2.74 bits per heavy atom. The number of anilines is 1. The summed E-state index contributed by atoms with van der Waals surface area (Å²) in [5, 5.41) is 16.3. The number of nitrogens with one attached hydrogen (secondary N) is 3. The summed E-state index contributed by atoms with van der Waals surface area (Å²) in [6.45, 7) is 1.17. The summed E-state index contributed by atoms with van der Waals surface area (Å²) in [7, 11) is 0. The number of nitrogens with zero attached hydrogens (tertiary/aromatic N) is 3. The second kappa shape index (κ2) is 11.6. The molecule has 11 nitrogen and oxygen atoms in total. The fourth-order valence-corrected chi connectivity index (χ4v) is 3.92. The first kappa shape index (κ1) is 25.2. The highest BCUT2D eigenvalue weighted by molar-refractivity contribution is 9.09. The molecule has 1 aliphatic rings. The molecule has 1 saturated heterocycles. The third-order valence-corrected chi connectivity index (χ3v) is 5.76. The number of rotatable bonds is 10. The highest BCUT2D eigenvalue weighted by Crippen LogP contribution is 2.22. The van der Waals surface area contributed by atoms with E-state index in [1.165, 1.54) is 23.7 Å². The molecule has 1 aliphatic heterocycles. The predicted octanol–water partition coefficient (Wildman–Crippen LogP) is 1.37. The number of aromatic nitrogens is 3. The van der Waals surface area contributed by atoms with Crippen LogP contribution in [0.15, 0.2) is 24.4 Å². The van der Waals surface area contributed by atoms with Gasteiger partial charge in [-0.05, 0) is 38.7 Å². The van der Waals surface area contributed by atoms with E-state index in [0.29, 0.717) is 0 Å². The van der Waals surface area contributed by atoms with Crippen LogP contribution in [-0.4, -0.2) is 55.8 Å². The molecular weight excluding hydrogens is 508 g/mol. The van der Waals surface area contributed by atoms with Crippen LogP contribution < -0.4 is 16.0 Å². The van der Waals surface area contributed by atoms with Gasteiger partial charge in [-0.2, -0.15) is 0 Å². The molecule has 4 amide bonds. The van der Waals surface area contributed by atoms with Crippen LogP contribution in [0.2, 0.25) is 0 Å². The van der Waals surface area contributed by atoms with Crippen LogP contribution in [0.25, 0.3) is 0 Å². The minimum Gasteiger partial charge on any atom is -0.340 e. The zero-order valence-corrected chi connectivity index (χ0v) is 20.2. The second-order valence-electron chi connectivity index (χ2n) is 7.86. The number of ketones is 1. The van der Waals surface area contributed by atoms with E-state index in [0.717, 1.165) is 30.3 Å². The lowest BCUT2D eigenvalue weighted by Gasteiger charge is -2.23. The van der Waals surface area contributed by atoms with Crippen molar-refractivity contribution in [2.45, 2.75) is 51.6 Å². The average molecular weight is 533 g/mol. The quantitative estimate of drug-likeness (QED) is 0.181. The molecular formula is C22H25BrN6O5. The van der Waals surface area contributed by atoms with Crippen molar-refractivity contribution in [3.05, 3.63) is 41.2 Å². The molecule has 12 heteroatoms. The molecule has 180 valence electrons. The van der Waals surface area contributed by atoms with Crippen molar-refractivity contribution in [2.75, 3.05) is 10.6 Å². The average Bonchev–Trinajstić information content (AvgIpc) is 3.22. The van der Waals surface area contributed by atoms with Crippen molar-refractivity contribution >= 4 is 51.0 Å². The van der Waals surface area contributed by atoms with Gasteiger partial charge < -0.3 is 10.6 Å². The Labute approximate surface area is 204 Å². The van der Waals surface area contributed by atoms with Crippen LogP contribution in [0.3, 0.4) is 0 Å². The fraction of sp³-hybridized carbons (Fsp3) is 0.409. The van der Waals surface area contributed by atoms with Gasteiger partial charge in [-0.1, -0.05) is 33.3 Å². The Bertz CT molecular complexity index is 1110. The summed E-state index contributed by atoms with van der Waals surface area (Å²) >= 11 is 3.38. The van der Waals surface area contributed by atoms with Crippen molar-refractivity contribution in [1.29, 1.82) is 0 Å². The van der Waals surface area contributed by atoms with Crippen molar-refractivity contribution in [1.82, 2.24) is 25.6 Å². The standard InChI is InChI=1S/C22H25BrN6O5/c1-13(30)15-6-4-7-16(20(15)22(34)25-17-8-9-18(31)26-21(17)33)24-19(32)12-29-11-14(27-28-29)5-2-3-10-23/h4,6-7,11,17H,2-3,5,8-10,12H2,1H3,(H,24,32)(H,25,34)(H,26,31,33). The summed E-state index contributed by atoms with van der Waals surface area (Å²) in [5.74, 6) is -2.58. The molecule has 0 bridgehead atoms. The Hall–Kier alpha value is -3.41. The van der Waals surface area contributed by atoms with Gasteiger partial charge in [-0.3, -0.25) is 29.3 Å². The monoisotopic (exact) mass is 532 g/mol. The van der Waals surface area contributed by atoms with E-state index in [1.807, 2.05) is 0 Å². The molecule has 0 aliphatic carbocycles. The Balaban J connectivity index is 1.74. The van der Waals surface area contributed by atoms with Gasteiger partial charge in [0.2, 0.25) is 17.7 Å². The molecule has 0 spiro atoms. The van der Waals surface area contributed by atoms with Crippen LogP contribution in [0.5, 0.6) is 0 Å². The highest BCUT2D eigenvalue weighted by Gasteiger charge is 2.30. The van der Waals surface area contributed by atoms with Gasteiger partial charge in [0.1, 0.15) is 12.6 Å². The molecule has 0 radical (unpaired) electrons. The first-order valence-corrected chi connectivity index (χ1v) is 11.9. The lowest BCUT2D eigenvalue weighted by Crippen LogP contribution is -2.52. The predicted molar refractivity (Wildman–Crippen MR) is 125 cm³/mol. The summed E-state index contributed by atoms with van der Waals surface area (Å²) in [4.78, 5) is 61.3. The molecule has 2 aromatic rings. The van der Waals surface area contributed by atoms with Gasteiger partial charge in [0.05, 0.1) is 16.9 Å². The van der Waals surface area contributed by atoms with Crippen LogP contribution >= 0.6 is 15.9 Å². The molecule has 34 heavy (non-hydrogen) atoms. The summed E-state index contributed by atoms with van der Waals surface area (Å²) < 4.78 is 1.40. The maximum absolute atomic E-state index is 13.0. The Morgan fingerprint density at radius 1 is 1.24 bits per heavy atom. The number of halogens is 1. The summed E-state index contributed by atoms with van der Waals surface area (Å²) in [6, 6.07) is 3.59. The Kier molecular flexibility index (Phi) is 8.63. The van der Waals surface area contributed by atoms with Crippen molar-refractivity contribution < 1.29 is 24.0 Å². The van der Waals surface area contributed by atoms with E-state index in [1.54, 1.807) is 12.3 Å². The van der Waals surface area contributed by atoms with E-state index in [9.17, 15) is 24.0 Å². The van der Waals surface area contributed by atoms with Gasteiger partial charge >= 0.3 is 0 Å². The zero-order valence-electron chi connectivity index (χ0n) is 18.6. The van der Waals surface area contributed by atoms with E-state index in [2.05, 4.69) is 42.2 Å². The maximum Gasteiger partial charge on any atom is 0.254 e. The fourth-order valence-electron chi connectivity index (χ4n) is 3.52. The Morgan fingerprint density at radius 2 is 2.03 bits per heavy atom. The van der Waals surface area contributed by atoms with E-state index < -0.39 is 29.7 Å². The van der Waals surface area contributed by atoms with E-state index >= 15 is 0 Å². The first-order valence-electron chi connectivity index (χ1n) is 10.8. The van der Waals surface area contributed by atoms with E-state index in [4.69, 9.17) is 0 Å². The van der Waals surface area contributed by atoms with Gasteiger partial charge in [0.15, 0.2) is 5.78 Å². The third kappa shape index (κ3) is 6.56. The molecule has 3 N–H and O–H groups in total. The van der Waals surface area contributed by atoms with E-state index in [-0.39, 0.29) is 42.0 Å². The number of Topliss-reactive ketones (excluding diaryl/α,β-unsaturated/α-hetero) is 1. The number of carbonyl (C=O) groups excluding carboxylic acids is 5. The minimum atomic E-state index is -0.924. The van der Waals surface area contributed by atoms with Crippen molar-refractivity contribution in [2.24, 2.45) is 0 Å². The summed E-state index contributed by atoms with van der Waals surface area (Å²) in [5.41, 5.74) is 0.941. The number of hydrogen-bond acceptors (Lipinski definition) is 7. The van der Waals surface area contributed by atoms with Gasteiger partial charge in [0.25, 0.3) is 5.91 Å². The molecule has 1 aromatic heterocycles. The minimum absolute atomic E-state index is 0.0536. The number of amides is 4. The normalized spacial score (nSPS) is 15.5. The SMILES string of the molecule is CC(=O)c1cccc(NC(=O)Cn2cc(CCCCBr)nn2)c1C(=O)NC1CCC(=O)NC1=O. The number of hydrogen-bond donors (Lipinski definition) is 3. The number of alkyl halides is 1. The molecule has 0 saturated carbocycles. The second-order valence-corrected chi connectivity index (χ2v) is 8.66. The van der Waals surface area contributed by atoms with Crippen LogP contribution in [0.4, 0.5) is 5.69 Å². The number of unbranched alkanes of at least 4 members (excludes halogenated alkanes) is 1. The van der Waals surface area contributed by atoms with Crippen LogP contribution in [0, 0.1) is 0 Å². The highest BCUT2D eigenvalue weighted by atomic mass is 79.9. The molecule has 2 heterocycles. The van der Waals surface area contributed by atoms with Gasteiger partial charge in [0, 0.05) is 23.5 Å². The largest absolute Gasteiger partial charge is 0.340 e. The number of imide groups is 1. The van der Waals surface area contributed by atoms with Crippen LogP contribution in [0.1, 0.15) is 59.0 Å². The number of carbonyl (C=O) groups is 5. The maximum atomic E-state index is 13.0. The molecule has 1 atom stereocenters. The van der Waals surface area contributed by atoms with Gasteiger partial charge in [-0.25, -0.2) is 4.68 Å². The van der Waals surface area contributed by atoms with Gasteiger partial charge in [-0.15, -0.1) is 5.10 Å². The smallest absolute Gasteiger partial charge is 0.254 e. The molecule has 3 rings (SSSR count). The lowest BCUT2D eigenvalue weighted by molar-refractivity contribution is -0.134. The molecule has 1 unspecified atom stereocenters. The zero-order chi connectivity index (χ0) is 24.7. The number of benzene rings is 1.